The van der Waals surface area contributed by atoms with Crippen molar-refractivity contribution in [1.29, 1.82) is 0 Å². The Morgan fingerprint density at radius 1 is 0.309 bits per heavy atom. The molecule has 0 spiro atoms. The van der Waals surface area contributed by atoms with Crippen LogP contribution in [0.25, 0.3) is 0 Å². The number of unbranched alkanes of at least 4 members (excludes halogenated alkanes) is 1. The Morgan fingerprint density at radius 2 is 0.500 bits per heavy atom. The number of rotatable bonds is 45. The van der Waals surface area contributed by atoms with E-state index >= 15 is 0 Å². The van der Waals surface area contributed by atoms with Gasteiger partial charge in [-0.25, -0.2) is 19.2 Å². The van der Waals surface area contributed by atoms with Crippen LogP contribution in [0.3, 0.4) is 0 Å². The number of amides is 4. The van der Waals surface area contributed by atoms with Crippen LogP contribution in [0.2, 0.25) is 0 Å². The van der Waals surface area contributed by atoms with E-state index in [4.69, 9.17) is 37.9 Å². The standard InChI is InChI=1S/C68H96N6O20/c1-65(45-75,57(79)87-41-53-23-9-5-10-24-53)49-91-61(83)69-31-19-37-73(38-20-32-70-62(84)92-50-66(2,46-76)58(80)88-42-54-25-11-6-12-26-54)35-17-18-36-74(39-21-33-71-63(85)93-51-67(3,47-77)59(81)89-43-55-27-13-7-14-28-55)40-22-34-72-64(86)94-52-68(4,48-78)60(82)90-44-56-29-15-8-16-30-56/h5-16,23-30,75-78H,17-22,31-52H2,1-4H3,(H,69,83)(H,70,84)(H,71,85)(H,72,86). The molecular formula is C68H96N6O20. The average molecular weight is 1320 g/mol. The number of aliphatic hydroxyl groups excluding tert-OH is 4. The van der Waals surface area contributed by atoms with Gasteiger partial charge in [-0.1, -0.05) is 121 Å². The number of alkyl carbamates (subject to hydrolysis) is 4. The Bertz CT molecular complexity index is 2500. The van der Waals surface area contributed by atoms with Gasteiger partial charge in [-0.15, -0.1) is 0 Å². The molecule has 0 aliphatic heterocycles. The van der Waals surface area contributed by atoms with Gasteiger partial charge in [0.25, 0.3) is 0 Å². The van der Waals surface area contributed by atoms with E-state index in [0.29, 0.717) is 77.8 Å². The third-order valence-electron chi connectivity index (χ3n) is 15.2. The molecule has 4 amide bonds. The first-order valence-corrected chi connectivity index (χ1v) is 31.5. The first kappa shape index (κ1) is 78.0. The minimum Gasteiger partial charge on any atom is -0.460 e. The number of hydrogen-bond acceptors (Lipinski definition) is 22. The monoisotopic (exact) mass is 1320 g/mol. The van der Waals surface area contributed by atoms with Crippen molar-refractivity contribution in [1.82, 2.24) is 31.1 Å². The molecule has 0 aromatic heterocycles. The van der Waals surface area contributed by atoms with Gasteiger partial charge < -0.3 is 89.4 Å². The van der Waals surface area contributed by atoms with Gasteiger partial charge in [0.2, 0.25) is 0 Å². The summed E-state index contributed by atoms with van der Waals surface area (Å²) in [5, 5.41) is 51.1. The Labute approximate surface area is 550 Å². The van der Waals surface area contributed by atoms with Crippen LogP contribution in [-0.2, 0) is 83.5 Å². The van der Waals surface area contributed by atoms with E-state index < -0.39 is 123 Å². The zero-order chi connectivity index (χ0) is 68.5. The van der Waals surface area contributed by atoms with Gasteiger partial charge in [-0.05, 0) is 128 Å². The van der Waals surface area contributed by atoms with Crippen LogP contribution < -0.4 is 21.3 Å². The number of nitrogens with one attached hydrogen (secondary N) is 4. The van der Waals surface area contributed by atoms with Crippen molar-refractivity contribution in [3.05, 3.63) is 144 Å². The SMILES string of the molecule is CC(CO)(COC(=O)NCCCN(CCCCN(CCCNC(=O)OCC(C)(CO)C(=O)OCc1ccccc1)CCCNC(=O)OCC(C)(CO)C(=O)OCc1ccccc1)CCCNC(=O)OCC(C)(CO)C(=O)OCc1ccccc1)C(=O)OCc1ccccc1. The minimum atomic E-state index is -1.51. The summed E-state index contributed by atoms with van der Waals surface area (Å²) in [5.41, 5.74) is -3.05. The molecule has 0 heterocycles. The molecule has 4 unspecified atom stereocenters. The van der Waals surface area contributed by atoms with E-state index in [1.54, 1.807) is 97.1 Å². The topological polar surface area (TPSA) is 346 Å². The summed E-state index contributed by atoms with van der Waals surface area (Å²) in [5.74, 6) is -2.94. The van der Waals surface area contributed by atoms with Gasteiger partial charge in [0.15, 0.2) is 0 Å². The van der Waals surface area contributed by atoms with E-state index in [-0.39, 0.29) is 52.6 Å². The van der Waals surface area contributed by atoms with Crippen LogP contribution in [0.5, 0.6) is 0 Å². The smallest absolute Gasteiger partial charge is 0.407 e. The largest absolute Gasteiger partial charge is 0.460 e. The van der Waals surface area contributed by atoms with Crippen LogP contribution in [0.15, 0.2) is 121 Å². The minimum absolute atomic E-state index is 0.0234. The molecule has 0 fully saturated rings. The van der Waals surface area contributed by atoms with Gasteiger partial charge >= 0.3 is 48.3 Å². The molecular weight excluding hydrogens is 1220 g/mol. The lowest BCUT2D eigenvalue weighted by atomic mass is 9.93. The maximum Gasteiger partial charge on any atom is 0.407 e. The number of carbonyl (C=O) groups excluding carboxylic acids is 8. The molecule has 26 heteroatoms. The van der Waals surface area contributed by atoms with Crippen molar-refractivity contribution < 1.29 is 96.7 Å². The fraction of sp³-hybridized carbons (Fsp3) is 0.529. The summed E-state index contributed by atoms with van der Waals surface area (Å²) in [7, 11) is 0. The first-order chi connectivity index (χ1) is 45.2. The molecule has 0 saturated heterocycles. The molecule has 518 valence electrons. The number of esters is 4. The second kappa shape index (κ2) is 42.8. The van der Waals surface area contributed by atoms with E-state index in [9.17, 15) is 58.8 Å². The maximum absolute atomic E-state index is 12.9. The van der Waals surface area contributed by atoms with Crippen molar-refractivity contribution in [2.75, 3.05) is 118 Å². The summed E-state index contributed by atoms with van der Waals surface area (Å²) in [6, 6.07) is 36.0. The van der Waals surface area contributed by atoms with Crippen molar-refractivity contribution in [2.24, 2.45) is 21.7 Å². The molecule has 0 aliphatic carbocycles. The highest BCUT2D eigenvalue weighted by molar-refractivity contribution is 5.79. The van der Waals surface area contributed by atoms with Gasteiger partial charge in [0, 0.05) is 26.2 Å². The Hall–Kier alpha value is -8.40. The first-order valence-electron chi connectivity index (χ1n) is 31.5. The number of benzene rings is 4. The second-order valence-corrected chi connectivity index (χ2v) is 23.9. The van der Waals surface area contributed by atoms with E-state index in [2.05, 4.69) is 31.1 Å². The summed E-state index contributed by atoms with van der Waals surface area (Å²) < 4.78 is 43.0. The molecule has 0 bridgehead atoms. The van der Waals surface area contributed by atoms with Crippen molar-refractivity contribution >= 4 is 48.3 Å². The molecule has 4 aromatic rings. The van der Waals surface area contributed by atoms with Crippen LogP contribution in [0, 0.1) is 21.7 Å². The van der Waals surface area contributed by atoms with E-state index in [0.717, 1.165) is 22.3 Å². The number of aliphatic hydroxyl groups is 4. The highest BCUT2D eigenvalue weighted by Crippen LogP contribution is 2.24. The Kier molecular flexibility index (Phi) is 35.5. The predicted molar refractivity (Wildman–Crippen MR) is 344 cm³/mol. The van der Waals surface area contributed by atoms with Crippen molar-refractivity contribution in [2.45, 2.75) is 92.6 Å². The lowest BCUT2D eigenvalue weighted by molar-refractivity contribution is -0.162. The van der Waals surface area contributed by atoms with E-state index in [1.807, 2.05) is 24.3 Å². The Morgan fingerprint density at radius 3 is 0.691 bits per heavy atom. The highest BCUT2D eigenvalue weighted by Gasteiger charge is 2.39. The lowest BCUT2D eigenvalue weighted by Gasteiger charge is -2.26. The molecule has 0 radical (unpaired) electrons. The van der Waals surface area contributed by atoms with Crippen molar-refractivity contribution in [3.63, 3.8) is 0 Å². The number of hydrogen-bond donors (Lipinski definition) is 8. The molecule has 26 nitrogen and oxygen atoms in total. The quantitative estimate of drug-likeness (QED) is 0.0147. The van der Waals surface area contributed by atoms with Crippen molar-refractivity contribution in [3.8, 4) is 0 Å². The summed E-state index contributed by atoms with van der Waals surface area (Å²) in [4.78, 5) is 108. The number of nitrogens with zero attached hydrogens (tertiary/aromatic N) is 2. The number of ether oxygens (including phenoxy) is 8. The van der Waals surface area contributed by atoms with Crippen LogP contribution in [0.1, 0.15) is 88.5 Å². The molecule has 8 N–H and O–H groups in total. The third-order valence-corrected chi connectivity index (χ3v) is 15.2. The second-order valence-electron chi connectivity index (χ2n) is 23.9. The molecule has 94 heavy (non-hydrogen) atoms. The average Bonchev–Trinajstić information content (AvgIpc) is 3.23. The van der Waals surface area contributed by atoms with Gasteiger partial charge in [-0.2, -0.15) is 0 Å². The lowest BCUT2D eigenvalue weighted by Crippen LogP contribution is -2.41. The zero-order valence-corrected chi connectivity index (χ0v) is 54.6. The molecule has 0 aliphatic rings. The fourth-order valence-electron chi connectivity index (χ4n) is 8.68. The van der Waals surface area contributed by atoms with Crippen LogP contribution >= 0.6 is 0 Å². The van der Waals surface area contributed by atoms with Gasteiger partial charge in [0.1, 0.15) is 74.5 Å². The van der Waals surface area contributed by atoms with Crippen LogP contribution in [-0.4, -0.2) is 197 Å². The number of carbonyl (C=O) groups is 8. The van der Waals surface area contributed by atoms with Gasteiger partial charge in [-0.3, -0.25) is 19.2 Å². The maximum atomic E-state index is 12.9. The summed E-state index contributed by atoms with van der Waals surface area (Å²) >= 11 is 0. The molecule has 4 rings (SSSR count). The van der Waals surface area contributed by atoms with Gasteiger partial charge in [0.05, 0.1) is 26.4 Å². The Balaban J connectivity index is 1.33. The molecule has 4 aromatic carbocycles. The fourth-order valence-corrected chi connectivity index (χ4v) is 8.68. The normalized spacial score (nSPS) is 13.7. The molecule has 4 atom stereocenters. The third kappa shape index (κ3) is 29.7. The summed E-state index contributed by atoms with van der Waals surface area (Å²) in [6.07, 6.45) is 0.0443. The molecule has 0 saturated carbocycles. The summed E-state index contributed by atoms with van der Waals surface area (Å²) in [6.45, 7) is 5.29. The van der Waals surface area contributed by atoms with Crippen LogP contribution in [0.4, 0.5) is 19.2 Å². The predicted octanol–water partition coefficient (Wildman–Crippen LogP) is 5.80. The highest BCUT2D eigenvalue weighted by atomic mass is 16.6. The zero-order valence-electron chi connectivity index (χ0n) is 54.6. The van der Waals surface area contributed by atoms with E-state index in [1.165, 1.54) is 27.7 Å².